The van der Waals surface area contributed by atoms with Crippen LogP contribution in [0.2, 0.25) is 0 Å². The van der Waals surface area contributed by atoms with E-state index in [0.29, 0.717) is 11.4 Å². The van der Waals surface area contributed by atoms with Gasteiger partial charge in [0.05, 0.1) is 12.0 Å². The summed E-state index contributed by atoms with van der Waals surface area (Å²) in [6, 6.07) is 16.2. The standard InChI is InChI=1S/C23H18FN3O3/c1-15-6-7-16(13-19(15)25-23(29)21-5-4-12-30-21)22(28)26-20-14-17(8-9-18(20)24)27-10-2-3-11-27/h2-14H,1H3,(H,25,29)(H,26,28). The number of hydrogen-bond acceptors (Lipinski definition) is 3. The molecule has 0 bridgehead atoms. The number of aryl methyl sites for hydroxylation is 1. The number of aromatic nitrogens is 1. The van der Waals surface area contributed by atoms with E-state index in [2.05, 4.69) is 10.6 Å². The Hall–Kier alpha value is -4.13. The van der Waals surface area contributed by atoms with Gasteiger partial charge in [-0.15, -0.1) is 0 Å². The fourth-order valence-electron chi connectivity index (χ4n) is 2.96. The maximum absolute atomic E-state index is 14.3. The van der Waals surface area contributed by atoms with Crippen LogP contribution in [0.1, 0.15) is 26.5 Å². The number of furan rings is 1. The van der Waals surface area contributed by atoms with Crippen molar-refractivity contribution in [3.05, 3.63) is 102 Å². The smallest absolute Gasteiger partial charge is 0.291 e. The number of halogens is 1. The Balaban J connectivity index is 1.55. The van der Waals surface area contributed by atoms with E-state index in [-0.39, 0.29) is 17.0 Å². The summed E-state index contributed by atoms with van der Waals surface area (Å²) in [5.41, 5.74) is 2.29. The van der Waals surface area contributed by atoms with E-state index in [0.717, 1.165) is 5.56 Å². The van der Waals surface area contributed by atoms with Crippen LogP contribution in [0, 0.1) is 12.7 Å². The minimum absolute atomic E-state index is 0.0629. The van der Waals surface area contributed by atoms with Gasteiger partial charge >= 0.3 is 0 Å². The minimum Gasteiger partial charge on any atom is -0.459 e. The van der Waals surface area contributed by atoms with Crippen molar-refractivity contribution in [3.63, 3.8) is 0 Å². The Morgan fingerprint density at radius 2 is 1.67 bits per heavy atom. The Morgan fingerprint density at radius 3 is 2.40 bits per heavy atom. The quantitative estimate of drug-likeness (QED) is 0.491. The first-order chi connectivity index (χ1) is 14.5. The van der Waals surface area contributed by atoms with Crippen LogP contribution in [0.4, 0.5) is 15.8 Å². The number of amides is 2. The van der Waals surface area contributed by atoms with Crippen molar-refractivity contribution in [2.24, 2.45) is 0 Å². The third kappa shape index (κ3) is 4.00. The van der Waals surface area contributed by atoms with Crippen molar-refractivity contribution in [2.45, 2.75) is 6.92 Å². The first-order valence-corrected chi connectivity index (χ1v) is 9.21. The highest BCUT2D eigenvalue weighted by Crippen LogP contribution is 2.22. The third-order valence-corrected chi connectivity index (χ3v) is 4.59. The Bertz CT molecular complexity index is 1200. The lowest BCUT2D eigenvalue weighted by Crippen LogP contribution is -2.16. The number of carbonyl (C=O) groups is 2. The molecule has 2 heterocycles. The molecule has 2 amide bonds. The van der Waals surface area contributed by atoms with Gasteiger partial charge in [-0.3, -0.25) is 9.59 Å². The highest BCUT2D eigenvalue weighted by molar-refractivity contribution is 6.07. The molecule has 2 N–H and O–H groups in total. The topological polar surface area (TPSA) is 76.3 Å². The SMILES string of the molecule is Cc1ccc(C(=O)Nc2cc(-n3cccc3)ccc2F)cc1NC(=O)c1ccco1. The van der Waals surface area contributed by atoms with Crippen LogP contribution in [0.5, 0.6) is 0 Å². The first kappa shape index (κ1) is 19.2. The summed E-state index contributed by atoms with van der Waals surface area (Å²) in [5, 5.41) is 5.32. The van der Waals surface area contributed by atoms with Crippen molar-refractivity contribution < 1.29 is 18.4 Å². The van der Waals surface area contributed by atoms with Gasteiger partial charge in [-0.1, -0.05) is 6.07 Å². The predicted octanol–water partition coefficient (Wildman–Crippen LogP) is 5.02. The lowest BCUT2D eigenvalue weighted by molar-refractivity contribution is 0.0993. The van der Waals surface area contributed by atoms with Crippen molar-refractivity contribution in [1.29, 1.82) is 0 Å². The van der Waals surface area contributed by atoms with Crippen LogP contribution in [-0.2, 0) is 0 Å². The molecule has 0 unspecified atom stereocenters. The second-order valence-corrected chi connectivity index (χ2v) is 6.67. The Kier molecular flexibility index (Phi) is 5.17. The number of nitrogens with one attached hydrogen (secondary N) is 2. The Labute approximate surface area is 171 Å². The monoisotopic (exact) mass is 403 g/mol. The zero-order valence-electron chi connectivity index (χ0n) is 16.1. The maximum Gasteiger partial charge on any atom is 0.291 e. The second kappa shape index (κ2) is 8.08. The summed E-state index contributed by atoms with van der Waals surface area (Å²) < 4.78 is 21.2. The first-order valence-electron chi connectivity index (χ1n) is 9.21. The van der Waals surface area contributed by atoms with Gasteiger partial charge in [0.15, 0.2) is 5.76 Å². The molecule has 7 heteroatoms. The highest BCUT2D eigenvalue weighted by Gasteiger charge is 2.15. The number of hydrogen-bond donors (Lipinski definition) is 2. The molecule has 0 spiro atoms. The van der Waals surface area contributed by atoms with E-state index in [1.165, 1.54) is 12.3 Å². The summed E-state index contributed by atoms with van der Waals surface area (Å²) in [4.78, 5) is 25.0. The molecule has 0 radical (unpaired) electrons. The third-order valence-electron chi connectivity index (χ3n) is 4.59. The number of rotatable bonds is 5. The van der Waals surface area contributed by atoms with Gasteiger partial charge in [-0.25, -0.2) is 4.39 Å². The molecule has 2 aromatic heterocycles. The molecular weight excluding hydrogens is 385 g/mol. The second-order valence-electron chi connectivity index (χ2n) is 6.67. The van der Waals surface area contributed by atoms with Crippen LogP contribution in [0.25, 0.3) is 5.69 Å². The molecule has 6 nitrogen and oxygen atoms in total. The van der Waals surface area contributed by atoms with Crippen molar-refractivity contribution >= 4 is 23.2 Å². The summed E-state index contributed by atoms with van der Waals surface area (Å²) in [7, 11) is 0. The van der Waals surface area contributed by atoms with Gasteiger partial charge in [-0.05, 0) is 67.1 Å². The van der Waals surface area contributed by atoms with Crippen LogP contribution in [0.3, 0.4) is 0 Å². The molecule has 4 rings (SSSR count). The summed E-state index contributed by atoms with van der Waals surface area (Å²) in [5.74, 6) is -1.30. The van der Waals surface area contributed by atoms with Crippen LogP contribution >= 0.6 is 0 Å². The molecule has 30 heavy (non-hydrogen) atoms. The van der Waals surface area contributed by atoms with Gasteiger partial charge in [0.25, 0.3) is 11.8 Å². The van der Waals surface area contributed by atoms with Crippen molar-refractivity contribution in [1.82, 2.24) is 4.57 Å². The summed E-state index contributed by atoms with van der Waals surface area (Å²) >= 11 is 0. The largest absolute Gasteiger partial charge is 0.459 e. The Morgan fingerprint density at radius 1 is 0.900 bits per heavy atom. The molecule has 0 saturated heterocycles. The zero-order valence-corrected chi connectivity index (χ0v) is 16.1. The molecule has 0 saturated carbocycles. The van der Waals surface area contributed by atoms with E-state index in [9.17, 15) is 14.0 Å². The van der Waals surface area contributed by atoms with E-state index in [1.807, 2.05) is 29.1 Å². The van der Waals surface area contributed by atoms with E-state index < -0.39 is 17.6 Å². The fraction of sp³-hybridized carbons (Fsp3) is 0.0435. The lowest BCUT2D eigenvalue weighted by Gasteiger charge is -2.12. The van der Waals surface area contributed by atoms with Crippen LogP contribution in [0.15, 0.2) is 83.7 Å². The van der Waals surface area contributed by atoms with Crippen LogP contribution < -0.4 is 10.6 Å². The van der Waals surface area contributed by atoms with Gasteiger partial charge < -0.3 is 19.6 Å². The molecule has 0 atom stereocenters. The molecule has 0 aliphatic rings. The molecule has 4 aromatic rings. The van der Waals surface area contributed by atoms with Gasteiger partial charge in [0, 0.05) is 29.3 Å². The highest BCUT2D eigenvalue weighted by atomic mass is 19.1. The van der Waals surface area contributed by atoms with Crippen molar-refractivity contribution in [2.75, 3.05) is 10.6 Å². The molecule has 2 aromatic carbocycles. The molecular formula is C23H18FN3O3. The predicted molar refractivity (Wildman–Crippen MR) is 112 cm³/mol. The minimum atomic E-state index is -0.544. The average Bonchev–Trinajstić information content (AvgIpc) is 3.45. The molecule has 0 aliphatic carbocycles. The van der Waals surface area contributed by atoms with Gasteiger partial charge in [0.2, 0.25) is 0 Å². The lowest BCUT2D eigenvalue weighted by atomic mass is 10.1. The zero-order chi connectivity index (χ0) is 21.1. The van der Waals surface area contributed by atoms with Gasteiger partial charge in [0.1, 0.15) is 5.82 Å². The number of nitrogens with zero attached hydrogens (tertiary/aromatic N) is 1. The number of carbonyl (C=O) groups excluding carboxylic acids is 2. The number of anilines is 2. The normalized spacial score (nSPS) is 10.6. The van der Waals surface area contributed by atoms with E-state index >= 15 is 0 Å². The van der Waals surface area contributed by atoms with Crippen LogP contribution in [-0.4, -0.2) is 16.4 Å². The van der Waals surface area contributed by atoms with E-state index in [4.69, 9.17) is 4.42 Å². The molecule has 150 valence electrons. The van der Waals surface area contributed by atoms with Crippen molar-refractivity contribution in [3.8, 4) is 5.69 Å². The average molecular weight is 403 g/mol. The summed E-state index contributed by atoms with van der Waals surface area (Å²) in [6.07, 6.45) is 5.06. The van der Waals surface area contributed by atoms with E-state index in [1.54, 1.807) is 49.4 Å². The summed E-state index contributed by atoms with van der Waals surface area (Å²) in [6.45, 7) is 1.81. The molecule has 0 aliphatic heterocycles. The maximum atomic E-state index is 14.3. The van der Waals surface area contributed by atoms with Gasteiger partial charge in [-0.2, -0.15) is 0 Å². The number of benzene rings is 2. The molecule has 0 fully saturated rings. The fourth-order valence-corrected chi connectivity index (χ4v) is 2.96.